The Kier molecular flexibility index (Phi) is 6.86. The number of amides is 3. The fraction of sp³-hybridized carbons (Fsp3) is 0.333. The molecule has 0 aliphatic carbocycles. The number of hydrazine groups is 1. The third kappa shape index (κ3) is 5.99. The zero-order chi connectivity index (χ0) is 19.8. The van der Waals surface area contributed by atoms with Gasteiger partial charge in [0.1, 0.15) is 11.5 Å². The summed E-state index contributed by atoms with van der Waals surface area (Å²) in [6.45, 7) is 1.69. The highest BCUT2D eigenvalue weighted by Gasteiger charge is 2.20. The summed E-state index contributed by atoms with van der Waals surface area (Å²) >= 11 is 0. The molecule has 1 heterocycles. The number of piperidine rings is 1. The molecule has 28 heavy (non-hydrogen) atoms. The number of primary amides is 1. The first-order valence-electron chi connectivity index (χ1n) is 9.53. The van der Waals surface area contributed by atoms with Gasteiger partial charge in [-0.05, 0) is 42.7 Å². The predicted octanol–water partition coefficient (Wildman–Crippen LogP) is 3.10. The maximum Gasteiger partial charge on any atom is 0.312 e. The monoisotopic (exact) mass is 382 g/mol. The zero-order valence-electron chi connectivity index (χ0n) is 15.8. The van der Waals surface area contributed by atoms with Gasteiger partial charge in [0.15, 0.2) is 0 Å². The van der Waals surface area contributed by atoms with Gasteiger partial charge in [-0.1, -0.05) is 36.8 Å². The second-order valence-corrected chi connectivity index (χ2v) is 6.84. The Balaban J connectivity index is 1.69. The molecule has 3 rings (SSSR count). The molecule has 148 valence electrons. The molecule has 0 bridgehead atoms. The van der Waals surface area contributed by atoms with E-state index in [0.717, 1.165) is 31.5 Å². The molecule has 2 aromatic carbocycles. The van der Waals surface area contributed by atoms with E-state index < -0.39 is 12.1 Å². The number of ether oxygens (including phenoxy) is 1. The van der Waals surface area contributed by atoms with E-state index in [1.54, 1.807) is 0 Å². The van der Waals surface area contributed by atoms with Crippen LogP contribution >= 0.6 is 0 Å². The normalized spacial score (nSPS) is 15.4. The number of hydrogen-bond acceptors (Lipinski definition) is 4. The molecule has 4 N–H and O–H groups in total. The first-order chi connectivity index (χ1) is 13.6. The Labute approximate surface area is 164 Å². The van der Waals surface area contributed by atoms with Gasteiger partial charge >= 0.3 is 6.03 Å². The Morgan fingerprint density at radius 2 is 1.71 bits per heavy atom. The number of benzene rings is 2. The molecule has 1 fully saturated rings. The minimum atomic E-state index is -0.676. The molecule has 0 unspecified atom stereocenters. The number of urea groups is 1. The molecule has 1 saturated heterocycles. The van der Waals surface area contributed by atoms with Crippen molar-refractivity contribution in [1.82, 2.24) is 15.8 Å². The standard InChI is InChI=1S/C21H26N4O3/c22-21(27)23-19(15-20(26)24-25-12-5-2-6-13-25)16-8-7-11-18(14-16)28-17-9-3-1-4-10-17/h1,3-4,7-11,14,19H,2,5-6,12-13,15H2,(H,24,26)(H3,22,23,27)/t19-/m1/s1. The van der Waals surface area contributed by atoms with Crippen molar-refractivity contribution in [2.24, 2.45) is 5.73 Å². The van der Waals surface area contributed by atoms with Gasteiger partial charge in [0.25, 0.3) is 0 Å². The van der Waals surface area contributed by atoms with Gasteiger partial charge in [0.2, 0.25) is 5.91 Å². The fourth-order valence-corrected chi connectivity index (χ4v) is 3.26. The number of para-hydroxylation sites is 1. The van der Waals surface area contributed by atoms with Crippen LogP contribution in [0.5, 0.6) is 11.5 Å². The summed E-state index contributed by atoms with van der Waals surface area (Å²) in [4.78, 5) is 23.9. The maximum atomic E-state index is 12.5. The van der Waals surface area contributed by atoms with Crippen LogP contribution in [0.25, 0.3) is 0 Å². The van der Waals surface area contributed by atoms with E-state index in [9.17, 15) is 9.59 Å². The molecule has 3 amide bonds. The van der Waals surface area contributed by atoms with Crippen molar-refractivity contribution in [3.05, 3.63) is 60.2 Å². The lowest BCUT2D eigenvalue weighted by Crippen LogP contribution is -2.46. The molecule has 7 heteroatoms. The highest BCUT2D eigenvalue weighted by Crippen LogP contribution is 2.26. The lowest BCUT2D eigenvalue weighted by atomic mass is 10.0. The van der Waals surface area contributed by atoms with Crippen molar-refractivity contribution in [3.8, 4) is 11.5 Å². The van der Waals surface area contributed by atoms with Crippen LogP contribution in [0.2, 0.25) is 0 Å². The van der Waals surface area contributed by atoms with Gasteiger partial charge in [0, 0.05) is 13.1 Å². The Morgan fingerprint density at radius 1 is 1.00 bits per heavy atom. The van der Waals surface area contributed by atoms with Crippen LogP contribution in [-0.4, -0.2) is 30.0 Å². The number of hydrogen-bond donors (Lipinski definition) is 3. The summed E-state index contributed by atoms with van der Waals surface area (Å²) in [6.07, 6.45) is 3.42. The number of nitrogens with zero attached hydrogens (tertiary/aromatic N) is 1. The first kappa shape index (κ1) is 19.7. The van der Waals surface area contributed by atoms with Gasteiger partial charge in [0.05, 0.1) is 12.5 Å². The highest BCUT2D eigenvalue weighted by atomic mass is 16.5. The number of carbonyl (C=O) groups excluding carboxylic acids is 2. The van der Waals surface area contributed by atoms with Crippen LogP contribution in [0.3, 0.4) is 0 Å². The third-order valence-electron chi connectivity index (χ3n) is 4.58. The minimum absolute atomic E-state index is 0.0915. The van der Waals surface area contributed by atoms with Gasteiger partial charge in [-0.15, -0.1) is 0 Å². The van der Waals surface area contributed by atoms with Crippen molar-refractivity contribution in [1.29, 1.82) is 0 Å². The van der Waals surface area contributed by atoms with E-state index in [-0.39, 0.29) is 12.3 Å². The molecular formula is C21H26N4O3. The van der Waals surface area contributed by atoms with E-state index in [1.807, 2.05) is 59.6 Å². The van der Waals surface area contributed by atoms with Gasteiger partial charge in [-0.25, -0.2) is 9.80 Å². The van der Waals surface area contributed by atoms with Crippen molar-refractivity contribution in [2.45, 2.75) is 31.7 Å². The van der Waals surface area contributed by atoms with Crippen molar-refractivity contribution >= 4 is 11.9 Å². The highest BCUT2D eigenvalue weighted by molar-refractivity contribution is 5.78. The molecule has 0 spiro atoms. The van der Waals surface area contributed by atoms with Crippen molar-refractivity contribution in [3.63, 3.8) is 0 Å². The SMILES string of the molecule is NC(=O)N[C@H](CC(=O)NN1CCCCC1)c1cccc(Oc2ccccc2)c1. The average molecular weight is 382 g/mol. The number of nitrogens with two attached hydrogens (primary N) is 1. The van der Waals surface area contributed by atoms with E-state index in [0.29, 0.717) is 11.5 Å². The summed E-state index contributed by atoms with van der Waals surface area (Å²) in [5, 5.41) is 4.59. The topological polar surface area (TPSA) is 96.7 Å². The molecule has 0 aromatic heterocycles. The van der Waals surface area contributed by atoms with Crippen LogP contribution in [0.4, 0.5) is 4.79 Å². The summed E-state index contributed by atoms with van der Waals surface area (Å²) in [5.74, 6) is 1.17. The third-order valence-corrected chi connectivity index (χ3v) is 4.58. The molecule has 1 atom stereocenters. The molecule has 2 aromatic rings. The predicted molar refractivity (Wildman–Crippen MR) is 107 cm³/mol. The lowest BCUT2D eigenvalue weighted by Gasteiger charge is -2.28. The Morgan fingerprint density at radius 3 is 2.43 bits per heavy atom. The lowest BCUT2D eigenvalue weighted by molar-refractivity contribution is -0.126. The van der Waals surface area contributed by atoms with Gasteiger partial charge < -0.3 is 15.8 Å². The zero-order valence-corrected chi connectivity index (χ0v) is 15.8. The molecule has 1 aliphatic rings. The fourth-order valence-electron chi connectivity index (χ4n) is 3.26. The first-order valence-corrected chi connectivity index (χ1v) is 9.53. The van der Waals surface area contributed by atoms with Crippen LogP contribution in [0.15, 0.2) is 54.6 Å². The summed E-state index contributed by atoms with van der Waals surface area (Å²) < 4.78 is 5.85. The Bertz CT molecular complexity index is 791. The number of carbonyl (C=O) groups is 2. The second kappa shape index (κ2) is 9.75. The summed E-state index contributed by atoms with van der Waals surface area (Å²) in [7, 11) is 0. The van der Waals surface area contributed by atoms with Crippen LogP contribution in [0, 0.1) is 0 Å². The van der Waals surface area contributed by atoms with Gasteiger partial charge in [-0.3, -0.25) is 10.2 Å². The van der Waals surface area contributed by atoms with E-state index >= 15 is 0 Å². The molecule has 1 aliphatic heterocycles. The van der Waals surface area contributed by atoms with E-state index in [1.165, 1.54) is 6.42 Å². The quantitative estimate of drug-likeness (QED) is 0.685. The molecule has 0 saturated carbocycles. The van der Waals surface area contributed by atoms with Crippen LogP contribution in [0.1, 0.15) is 37.3 Å². The smallest absolute Gasteiger partial charge is 0.312 e. The summed E-state index contributed by atoms with van der Waals surface area (Å²) in [6, 6.07) is 15.5. The van der Waals surface area contributed by atoms with Crippen LogP contribution < -0.4 is 21.2 Å². The Hall–Kier alpha value is -3.06. The van der Waals surface area contributed by atoms with Crippen molar-refractivity contribution in [2.75, 3.05) is 13.1 Å². The average Bonchev–Trinajstić information content (AvgIpc) is 2.69. The molecule has 0 radical (unpaired) electrons. The van der Waals surface area contributed by atoms with E-state index in [2.05, 4.69) is 10.7 Å². The van der Waals surface area contributed by atoms with Gasteiger partial charge in [-0.2, -0.15) is 0 Å². The van der Waals surface area contributed by atoms with Crippen LogP contribution in [-0.2, 0) is 4.79 Å². The molecule has 7 nitrogen and oxygen atoms in total. The minimum Gasteiger partial charge on any atom is -0.457 e. The number of nitrogens with one attached hydrogen (secondary N) is 2. The van der Waals surface area contributed by atoms with E-state index in [4.69, 9.17) is 10.5 Å². The van der Waals surface area contributed by atoms with Crippen molar-refractivity contribution < 1.29 is 14.3 Å². The number of rotatable bonds is 7. The second-order valence-electron chi connectivity index (χ2n) is 6.84. The molecular weight excluding hydrogens is 356 g/mol. The largest absolute Gasteiger partial charge is 0.457 e. The summed E-state index contributed by atoms with van der Waals surface area (Å²) in [5.41, 5.74) is 9.00. The maximum absolute atomic E-state index is 12.5.